The summed E-state index contributed by atoms with van der Waals surface area (Å²) in [5.74, 6) is 0. The van der Waals surface area contributed by atoms with E-state index in [1.807, 2.05) is 0 Å². The maximum absolute atomic E-state index is 5.47. The normalized spacial score (nSPS) is 21.6. The molecule has 1 aliphatic heterocycles. The number of hydrogen-bond donors (Lipinski definition) is 0. The number of aryl methyl sites for hydroxylation is 1. The second-order valence-electron chi connectivity index (χ2n) is 3.09. The molecule has 1 unspecified atom stereocenters. The zero-order chi connectivity index (χ0) is 8.39. The lowest BCUT2D eigenvalue weighted by Gasteiger charge is -2.08. The highest BCUT2D eigenvalue weighted by atomic mass is 16.5. The van der Waals surface area contributed by atoms with Crippen LogP contribution in [0.15, 0.2) is 36.4 Å². The van der Waals surface area contributed by atoms with Crippen LogP contribution in [0.4, 0.5) is 0 Å². The molecule has 0 fully saturated rings. The van der Waals surface area contributed by atoms with E-state index < -0.39 is 0 Å². The molecule has 1 aromatic rings. The molecule has 0 aliphatic carbocycles. The first-order valence-electron chi connectivity index (χ1n) is 4.21. The molecular weight excluding hydrogens is 148 g/mol. The zero-order valence-electron chi connectivity index (χ0n) is 7.16. The number of hydrogen-bond acceptors (Lipinski definition) is 1. The van der Waals surface area contributed by atoms with Crippen LogP contribution >= 0.6 is 0 Å². The van der Waals surface area contributed by atoms with Crippen LogP contribution in [0.5, 0.6) is 0 Å². The van der Waals surface area contributed by atoms with Crippen molar-refractivity contribution in [1.82, 2.24) is 0 Å². The van der Waals surface area contributed by atoms with Gasteiger partial charge in [-0.15, -0.1) is 0 Å². The minimum absolute atomic E-state index is 0.186. The Kier molecular flexibility index (Phi) is 1.96. The number of ether oxygens (including phenoxy) is 1. The summed E-state index contributed by atoms with van der Waals surface area (Å²) in [6.45, 7) is 2.84. The predicted molar refractivity (Wildman–Crippen MR) is 49.0 cm³/mol. The van der Waals surface area contributed by atoms with Gasteiger partial charge in [0.15, 0.2) is 0 Å². The van der Waals surface area contributed by atoms with E-state index in [9.17, 15) is 0 Å². The quantitative estimate of drug-likeness (QED) is 0.574. The van der Waals surface area contributed by atoms with E-state index in [1.54, 1.807) is 0 Å². The van der Waals surface area contributed by atoms with Crippen LogP contribution < -0.4 is 0 Å². The van der Waals surface area contributed by atoms with Gasteiger partial charge < -0.3 is 4.74 Å². The predicted octanol–water partition coefficient (Wildman–Crippen LogP) is 2.62. The van der Waals surface area contributed by atoms with Crippen molar-refractivity contribution in [3.8, 4) is 0 Å². The summed E-state index contributed by atoms with van der Waals surface area (Å²) in [5, 5.41) is 0. The van der Waals surface area contributed by atoms with Crippen molar-refractivity contribution in [2.24, 2.45) is 0 Å². The van der Waals surface area contributed by atoms with Crippen LogP contribution in [-0.4, -0.2) is 6.61 Å². The lowest BCUT2D eigenvalue weighted by molar-refractivity contribution is 0.129. The van der Waals surface area contributed by atoms with Crippen molar-refractivity contribution in [2.45, 2.75) is 13.0 Å². The lowest BCUT2D eigenvalue weighted by Crippen LogP contribution is -1.94. The van der Waals surface area contributed by atoms with E-state index in [-0.39, 0.29) is 6.10 Å². The minimum atomic E-state index is 0.186. The molecule has 0 spiro atoms. The van der Waals surface area contributed by atoms with Gasteiger partial charge in [-0.05, 0) is 12.5 Å². The average molecular weight is 160 g/mol. The smallest absolute Gasteiger partial charge is 0.101 e. The number of rotatable bonds is 1. The molecule has 0 bridgehead atoms. The Morgan fingerprint density at radius 2 is 2.00 bits per heavy atom. The molecule has 2 rings (SSSR count). The fourth-order valence-electron chi connectivity index (χ4n) is 1.36. The Bertz CT molecular complexity index is 284. The van der Waals surface area contributed by atoms with Crippen molar-refractivity contribution in [2.75, 3.05) is 6.61 Å². The summed E-state index contributed by atoms with van der Waals surface area (Å²) in [4.78, 5) is 0. The van der Waals surface area contributed by atoms with Gasteiger partial charge in [0.05, 0.1) is 6.61 Å². The van der Waals surface area contributed by atoms with Gasteiger partial charge in [-0.1, -0.05) is 42.0 Å². The second-order valence-corrected chi connectivity index (χ2v) is 3.09. The lowest BCUT2D eigenvalue weighted by atomic mass is 10.1. The average Bonchev–Trinajstić information content (AvgIpc) is 2.58. The maximum Gasteiger partial charge on any atom is 0.101 e. The molecule has 62 valence electrons. The van der Waals surface area contributed by atoms with Crippen molar-refractivity contribution in [1.29, 1.82) is 0 Å². The SMILES string of the molecule is Cc1ccc(C2C=CCO2)cc1. The van der Waals surface area contributed by atoms with Crippen LogP contribution in [0.25, 0.3) is 0 Å². The highest BCUT2D eigenvalue weighted by molar-refractivity contribution is 5.26. The Morgan fingerprint density at radius 3 is 2.58 bits per heavy atom. The summed E-state index contributed by atoms with van der Waals surface area (Å²) in [7, 11) is 0. The van der Waals surface area contributed by atoms with Gasteiger partial charge in [0.25, 0.3) is 0 Å². The summed E-state index contributed by atoms with van der Waals surface area (Å²) in [6, 6.07) is 8.47. The van der Waals surface area contributed by atoms with E-state index >= 15 is 0 Å². The van der Waals surface area contributed by atoms with Crippen LogP contribution in [0.3, 0.4) is 0 Å². The molecule has 0 saturated carbocycles. The molecule has 0 radical (unpaired) electrons. The van der Waals surface area contributed by atoms with Crippen LogP contribution in [0.1, 0.15) is 17.2 Å². The highest BCUT2D eigenvalue weighted by Crippen LogP contribution is 2.22. The Hall–Kier alpha value is -1.08. The molecule has 1 aromatic carbocycles. The summed E-state index contributed by atoms with van der Waals surface area (Å²) in [5.41, 5.74) is 2.54. The van der Waals surface area contributed by atoms with E-state index in [4.69, 9.17) is 4.74 Å². The van der Waals surface area contributed by atoms with Crippen molar-refractivity contribution < 1.29 is 4.74 Å². The van der Waals surface area contributed by atoms with Crippen molar-refractivity contribution in [3.05, 3.63) is 47.5 Å². The van der Waals surface area contributed by atoms with Gasteiger partial charge in [-0.2, -0.15) is 0 Å². The third kappa shape index (κ3) is 1.41. The minimum Gasteiger partial charge on any atom is -0.365 e. The molecule has 1 heterocycles. The first kappa shape index (κ1) is 7.56. The van der Waals surface area contributed by atoms with Crippen LogP contribution in [0, 0.1) is 6.92 Å². The fourth-order valence-corrected chi connectivity index (χ4v) is 1.36. The van der Waals surface area contributed by atoms with Gasteiger partial charge >= 0.3 is 0 Å². The van der Waals surface area contributed by atoms with E-state index in [2.05, 4.69) is 43.3 Å². The molecular formula is C11H12O. The third-order valence-corrected chi connectivity index (χ3v) is 2.09. The van der Waals surface area contributed by atoms with Gasteiger partial charge in [0, 0.05) is 0 Å². The van der Waals surface area contributed by atoms with E-state index in [0.717, 1.165) is 6.61 Å². The maximum atomic E-state index is 5.47. The second kappa shape index (κ2) is 3.11. The van der Waals surface area contributed by atoms with Gasteiger partial charge in [-0.3, -0.25) is 0 Å². The molecule has 0 aromatic heterocycles. The molecule has 0 N–H and O–H groups in total. The summed E-state index contributed by atoms with van der Waals surface area (Å²) >= 11 is 0. The largest absolute Gasteiger partial charge is 0.365 e. The summed E-state index contributed by atoms with van der Waals surface area (Å²) < 4.78 is 5.47. The Morgan fingerprint density at radius 1 is 1.25 bits per heavy atom. The highest BCUT2D eigenvalue weighted by Gasteiger charge is 2.10. The molecule has 1 aliphatic rings. The van der Waals surface area contributed by atoms with Crippen molar-refractivity contribution >= 4 is 0 Å². The molecule has 12 heavy (non-hydrogen) atoms. The molecule has 1 nitrogen and oxygen atoms in total. The number of benzene rings is 1. The molecule has 0 saturated heterocycles. The summed E-state index contributed by atoms with van der Waals surface area (Å²) in [6.07, 6.45) is 4.35. The van der Waals surface area contributed by atoms with E-state index in [0.29, 0.717) is 0 Å². The third-order valence-electron chi connectivity index (χ3n) is 2.09. The molecule has 0 amide bonds. The Labute approximate surface area is 72.7 Å². The Balaban J connectivity index is 2.23. The van der Waals surface area contributed by atoms with Crippen LogP contribution in [-0.2, 0) is 4.74 Å². The standard InChI is InChI=1S/C11H12O/c1-9-4-6-10(7-5-9)11-3-2-8-12-11/h2-7,11H,8H2,1H3. The van der Waals surface area contributed by atoms with Gasteiger partial charge in [0.1, 0.15) is 6.10 Å². The fraction of sp³-hybridized carbons (Fsp3) is 0.273. The van der Waals surface area contributed by atoms with Gasteiger partial charge in [-0.25, -0.2) is 0 Å². The van der Waals surface area contributed by atoms with Crippen LogP contribution in [0.2, 0.25) is 0 Å². The first-order chi connectivity index (χ1) is 5.86. The molecule has 1 atom stereocenters. The van der Waals surface area contributed by atoms with E-state index in [1.165, 1.54) is 11.1 Å². The first-order valence-corrected chi connectivity index (χ1v) is 4.21. The monoisotopic (exact) mass is 160 g/mol. The zero-order valence-corrected chi connectivity index (χ0v) is 7.16. The van der Waals surface area contributed by atoms with Crippen molar-refractivity contribution in [3.63, 3.8) is 0 Å². The topological polar surface area (TPSA) is 9.23 Å². The van der Waals surface area contributed by atoms with Gasteiger partial charge in [0.2, 0.25) is 0 Å². The molecule has 1 heteroatoms.